The highest BCUT2D eigenvalue weighted by molar-refractivity contribution is 14.1. The van der Waals surface area contributed by atoms with E-state index in [1.165, 1.54) is 17.3 Å². The van der Waals surface area contributed by atoms with E-state index in [4.69, 9.17) is 0 Å². The molecule has 0 aromatic heterocycles. The fourth-order valence-electron chi connectivity index (χ4n) is 0.313. The van der Waals surface area contributed by atoms with Gasteiger partial charge in [-0.3, -0.25) is 0 Å². The van der Waals surface area contributed by atoms with Crippen molar-refractivity contribution in [2.45, 2.75) is 12.8 Å². The molecule has 0 atom stereocenters. The SMILES string of the molecule is [CH2]C=CCCCI. The highest BCUT2D eigenvalue weighted by Crippen LogP contribution is 1.94. The van der Waals surface area contributed by atoms with Crippen LogP contribution < -0.4 is 0 Å². The first-order valence-corrected chi connectivity index (χ1v) is 3.94. The number of rotatable bonds is 3. The van der Waals surface area contributed by atoms with Crippen molar-refractivity contribution in [3.63, 3.8) is 0 Å². The van der Waals surface area contributed by atoms with Crippen molar-refractivity contribution in [3.05, 3.63) is 19.1 Å². The number of alkyl halides is 1. The molecule has 0 fully saturated rings. The number of unbranched alkanes of at least 4 members (excludes halogenated alkanes) is 1. The second-order valence-corrected chi connectivity index (χ2v) is 2.38. The minimum absolute atomic E-state index is 1.19. The van der Waals surface area contributed by atoms with E-state index < -0.39 is 0 Å². The summed E-state index contributed by atoms with van der Waals surface area (Å²) in [5, 5.41) is 0. The van der Waals surface area contributed by atoms with Crippen LogP contribution in [0.15, 0.2) is 12.2 Å². The fourth-order valence-corrected chi connectivity index (χ4v) is 0.753. The van der Waals surface area contributed by atoms with Gasteiger partial charge in [0.1, 0.15) is 0 Å². The van der Waals surface area contributed by atoms with Gasteiger partial charge in [0.05, 0.1) is 0 Å². The second-order valence-electron chi connectivity index (χ2n) is 1.30. The summed E-state index contributed by atoms with van der Waals surface area (Å²) in [5.41, 5.74) is 0. The lowest BCUT2D eigenvalue weighted by atomic mass is 10.3. The van der Waals surface area contributed by atoms with E-state index >= 15 is 0 Å². The lowest BCUT2D eigenvalue weighted by Crippen LogP contribution is -1.67. The summed E-state index contributed by atoms with van der Waals surface area (Å²) in [6, 6.07) is 0. The largest absolute Gasteiger partial charge is 0.0885 e. The minimum atomic E-state index is 1.19. The van der Waals surface area contributed by atoms with Crippen LogP contribution in [-0.4, -0.2) is 4.43 Å². The molecule has 0 amide bonds. The molecule has 0 aliphatic heterocycles. The Labute approximate surface area is 59.1 Å². The topological polar surface area (TPSA) is 0 Å². The molecule has 0 rings (SSSR count). The average molecular weight is 209 g/mol. The normalized spacial score (nSPS) is 10.6. The minimum Gasteiger partial charge on any atom is -0.0885 e. The Bertz CT molecular complexity index is 48.1. The lowest BCUT2D eigenvalue weighted by Gasteiger charge is -1.82. The molecule has 0 aliphatic rings. The molecule has 41 valence electrons. The van der Waals surface area contributed by atoms with Gasteiger partial charge in [0.15, 0.2) is 0 Å². The van der Waals surface area contributed by atoms with E-state index in [-0.39, 0.29) is 0 Å². The smallest absolute Gasteiger partial charge is 0.000178 e. The summed E-state index contributed by atoms with van der Waals surface area (Å²) in [7, 11) is 0. The van der Waals surface area contributed by atoms with Gasteiger partial charge in [-0.1, -0.05) is 34.7 Å². The van der Waals surface area contributed by atoms with Crippen molar-refractivity contribution < 1.29 is 0 Å². The van der Waals surface area contributed by atoms with Gasteiger partial charge >= 0.3 is 0 Å². The zero-order valence-electron chi connectivity index (χ0n) is 4.36. The van der Waals surface area contributed by atoms with Crippen LogP contribution in [0.25, 0.3) is 0 Å². The van der Waals surface area contributed by atoms with Crippen molar-refractivity contribution >= 4 is 22.6 Å². The van der Waals surface area contributed by atoms with E-state index in [9.17, 15) is 0 Å². The quantitative estimate of drug-likeness (QED) is 0.380. The van der Waals surface area contributed by atoms with E-state index in [1.54, 1.807) is 0 Å². The average Bonchev–Trinajstić information content (AvgIpc) is 1.69. The number of allylic oxidation sites excluding steroid dienone is 2. The molecular formula is C6H10I. The zero-order chi connectivity index (χ0) is 5.54. The van der Waals surface area contributed by atoms with Gasteiger partial charge in [0, 0.05) is 0 Å². The molecule has 0 unspecified atom stereocenters. The second kappa shape index (κ2) is 6.47. The van der Waals surface area contributed by atoms with E-state index in [2.05, 4.69) is 35.6 Å². The molecule has 0 nitrogen and oxygen atoms in total. The molecule has 0 N–H and O–H groups in total. The number of halogens is 1. The highest BCUT2D eigenvalue weighted by atomic mass is 127. The Balaban J connectivity index is 2.69. The standard InChI is InChI=1S/C6H10I/c1-2-3-4-5-6-7/h2-3H,1,4-6H2. The summed E-state index contributed by atoms with van der Waals surface area (Å²) >= 11 is 2.37. The van der Waals surface area contributed by atoms with Gasteiger partial charge in [0.25, 0.3) is 0 Å². The van der Waals surface area contributed by atoms with E-state index in [0.717, 1.165) is 0 Å². The van der Waals surface area contributed by atoms with Gasteiger partial charge in [-0.15, -0.1) is 0 Å². The first kappa shape index (κ1) is 7.47. The maximum atomic E-state index is 3.57. The maximum Gasteiger partial charge on any atom is -0.000178 e. The molecule has 0 heterocycles. The van der Waals surface area contributed by atoms with E-state index in [1.807, 2.05) is 6.08 Å². The molecule has 0 saturated heterocycles. The number of hydrogen-bond donors (Lipinski definition) is 0. The predicted octanol–water partition coefficient (Wildman–Crippen LogP) is 2.59. The van der Waals surface area contributed by atoms with Crippen LogP contribution >= 0.6 is 22.6 Å². The molecule has 0 aliphatic carbocycles. The molecule has 7 heavy (non-hydrogen) atoms. The first-order valence-electron chi connectivity index (χ1n) is 2.42. The monoisotopic (exact) mass is 209 g/mol. The third-order valence-corrected chi connectivity index (χ3v) is 1.43. The lowest BCUT2D eigenvalue weighted by molar-refractivity contribution is 0.986. The Kier molecular flexibility index (Phi) is 6.90. The Hall–Kier alpha value is 0.470. The van der Waals surface area contributed by atoms with Crippen LogP contribution in [-0.2, 0) is 0 Å². The zero-order valence-corrected chi connectivity index (χ0v) is 6.52. The van der Waals surface area contributed by atoms with Gasteiger partial charge in [-0.25, -0.2) is 0 Å². The molecule has 1 heteroatoms. The van der Waals surface area contributed by atoms with Crippen molar-refractivity contribution in [2.24, 2.45) is 0 Å². The van der Waals surface area contributed by atoms with Gasteiger partial charge in [-0.05, 0) is 24.2 Å². The van der Waals surface area contributed by atoms with Crippen LogP contribution in [0.5, 0.6) is 0 Å². The Morgan fingerprint density at radius 3 is 2.71 bits per heavy atom. The van der Waals surface area contributed by atoms with Crippen molar-refractivity contribution in [1.29, 1.82) is 0 Å². The molecular weight excluding hydrogens is 199 g/mol. The maximum absolute atomic E-state index is 3.57. The highest BCUT2D eigenvalue weighted by Gasteiger charge is 1.74. The summed E-state index contributed by atoms with van der Waals surface area (Å²) in [6.45, 7) is 3.57. The summed E-state index contributed by atoms with van der Waals surface area (Å²) < 4.78 is 1.25. The Morgan fingerprint density at radius 2 is 2.29 bits per heavy atom. The molecule has 0 saturated carbocycles. The van der Waals surface area contributed by atoms with Crippen LogP contribution in [0.2, 0.25) is 0 Å². The van der Waals surface area contributed by atoms with Crippen LogP contribution in [0.1, 0.15) is 12.8 Å². The predicted molar refractivity (Wildman–Crippen MR) is 42.6 cm³/mol. The summed E-state index contributed by atoms with van der Waals surface area (Å²) in [5.74, 6) is 0. The molecule has 0 aromatic carbocycles. The molecule has 0 spiro atoms. The van der Waals surface area contributed by atoms with Crippen LogP contribution in [0.3, 0.4) is 0 Å². The number of hydrogen-bond acceptors (Lipinski definition) is 0. The van der Waals surface area contributed by atoms with Crippen molar-refractivity contribution in [1.82, 2.24) is 0 Å². The third kappa shape index (κ3) is 6.47. The Morgan fingerprint density at radius 1 is 1.57 bits per heavy atom. The van der Waals surface area contributed by atoms with Crippen molar-refractivity contribution in [3.8, 4) is 0 Å². The van der Waals surface area contributed by atoms with Gasteiger partial charge in [0.2, 0.25) is 0 Å². The van der Waals surface area contributed by atoms with Gasteiger partial charge in [-0.2, -0.15) is 0 Å². The van der Waals surface area contributed by atoms with Crippen LogP contribution in [0, 0.1) is 6.92 Å². The molecule has 0 bridgehead atoms. The summed E-state index contributed by atoms with van der Waals surface area (Å²) in [6.07, 6.45) is 6.42. The summed E-state index contributed by atoms with van der Waals surface area (Å²) in [4.78, 5) is 0. The molecule has 1 radical (unpaired) electrons. The fraction of sp³-hybridized carbons (Fsp3) is 0.500. The van der Waals surface area contributed by atoms with Crippen LogP contribution in [0.4, 0.5) is 0 Å². The van der Waals surface area contributed by atoms with Crippen molar-refractivity contribution in [2.75, 3.05) is 4.43 Å². The third-order valence-electron chi connectivity index (χ3n) is 0.671. The molecule has 0 aromatic rings. The van der Waals surface area contributed by atoms with Gasteiger partial charge < -0.3 is 0 Å². The first-order chi connectivity index (χ1) is 3.41. The van der Waals surface area contributed by atoms with E-state index in [0.29, 0.717) is 0 Å².